The van der Waals surface area contributed by atoms with Gasteiger partial charge in [0.1, 0.15) is 6.04 Å². The number of nitrogens with one attached hydrogen (secondary N) is 1. The van der Waals surface area contributed by atoms with Crippen LogP contribution in [0.3, 0.4) is 0 Å². The van der Waals surface area contributed by atoms with Crippen LogP contribution in [-0.2, 0) is 16.0 Å². The van der Waals surface area contributed by atoms with E-state index in [1.807, 2.05) is 24.4 Å². The number of carbonyl (C=O) groups is 2. The van der Waals surface area contributed by atoms with Crippen LogP contribution in [0.4, 0.5) is 0 Å². The van der Waals surface area contributed by atoms with Gasteiger partial charge in [-0.05, 0) is 18.1 Å². The number of methoxy groups -OCH3 is 1. The van der Waals surface area contributed by atoms with Crippen LogP contribution in [0.1, 0.15) is 48.5 Å². The van der Waals surface area contributed by atoms with E-state index in [9.17, 15) is 9.59 Å². The van der Waals surface area contributed by atoms with E-state index >= 15 is 0 Å². The summed E-state index contributed by atoms with van der Waals surface area (Å²) < 4.78 is 4.65. The van der Waals surface area contributed by atoms with E-state index in [1.165, 1.54) is 7.11 Å². The topological polar surface area (TPSA) is 85.2 Å². The molecule has 5 heteroatoms. The summed E-state index contributed by atoms with van der Waals surface area (Å²) in [5, 5.41) is 0.981. The molecule has 0 unspecified atom stereocenters. The standard InChI is InChI=1S/C18H24N2O3/c1-3-4-5-6-17(21)12-7-8-14-13(11-20-16(14)10-12)9-15(19)18(22)23-2/h7-8,10-11,15,20H,3-6,9,19H2,1-2H3/t15-/m0/s1. The molecule has 2 aromatic rings. The fourth-order valence-electron chi connectivity index (χ4n) is 2.68. The number of fused-ring (bicyclic) bond motifs is 1. The Hall–Kier alpha value is -2.14. The van der Waals surface area contributed by atoms with Crippen molar-refractivity contribution < 1.29 is 14.3 Å². The second-order valence-electron chi connectivity index (χ2n) is 5.79. The minimum absolute atomic E-state index is 0.169. The molecule has 0 bridgehead atoms. The highest BCUT2D eigenvalue weighted by atomic mass is 16.5. The number of aromatic nitrogens is 1. The zero-order chi connectivity index (χ0) is 16.8. The van der Waals surface area contributed by atoms with E-state index in [0.717, 1.165) is 41.3 Å². The Morgan fingerprint density at radius 3 is 2.78 bits per heavy atom. The van der Waals surface area contributed by atoms with E-state index < -0.39 is 12.0 Å². The molecule has 0 radical (unpaired) electrons. The monoisotopic (exact) mass is 316 g/mol. The first kappa shape index (κ1) is 17.2. The molecule has 3 N–H and O–H groups in total. The third-order valence-corrected chi connectivity index (χ3v) is 4.04. The molecule has 23 heavy (non-hydrogen) atoms. The van der Waals surface area contributed by atoms with Gasteiger partial charge < -0.3 is 15.5 Å². The van der Waals surface area contributed by atoms with Gasteiger partial charge in [0.2, 0.25) is 0 Å². The molecule has 0 saturated carbocycles. The maximum Gasteiger partial charge on any atom is 0.322 e. The first-order valence-electron chi connectivity index (χ1n) is 8.03. The van der Waals surface area contributed by atoms with Gasteiger partial charge >= 0.3 is 5.97 Å². The lowest BCUT2D eigenvalue weighted by Gasteiger charge is -2.08. The highest BCUT2D eigenvalue weighted by Crippen LogP contribution is 2.22. The van der Waals surface area contributed by atoms with Gasteiger partial charge in [-0.1, -0.05) is 31.9 Å². The highest BCUT2D eigenvalue weighted by Gasteiger charge is 2.17. The number of aromatic amines is 1. The Morgan fingerprint density at radius 1 is 1.30 bits per heavy atom. The lowest BCUT2D eigenvalue weighted by molar-refractivity contribution is -0.142. The molecule has 0 fully saturated rings. The number of hydrogen-bond donors (Lipinski definition) is 2. The van der Waals surface area contributed by atoms with Crippen molar-refractivity contribution in [2.45, 2.75) is 45.1 Å². The maximum absolute atomic E-state index is 12.2. The van der Waals surface area contributed by atoms with Crippen LogP contribution >= 0.6 is 0 Å². The summed E-state index contributed by atoms with van der Waals surface area (Å²) in [6, 6.07) is 4.95. The molecule has 1 heterocycles. The van der Waals surface area contributed by atoms with Crippen LogP contribution in [0.25, 0.3) is 10.9 Å². The van der Waals surface area contributed by atoms with E-state index in [-0.39, 0.29) is 5.78 Å². The van der Waals surface area contributed by atoms with Gasteiger partial charge in [-0.25, -0.2) is 0 Å². The zero-order valence-corrected chi connectivity index (χ0v) is 13.7. The van der Waals surface area contributed by atoms with Gasteiger partial charge in [0.25, 0.3) is 0 Å². The van der Waals surface area contributed by atoms with Crippen LogP contribution in [0, 0.1) is 0 Å². The predicted molar refractivity (Wildman–Crippen MR) is 90.5 cm³/mol. The first-order chi connectivity index (χ1) is 11.1. The van der Waals surface area contributed by atoms with Gasteiger partial charge in [0.05, 0.1) is 7.11 Å². The Labute approximate surface area is 136 Å². The summed E-state index contributed by atoms with van der Waals surface area (Å²) in [5.74, 6) is -0.259. The smallest absolute Gasteiger partial charge is 0.322 e. The van der Waals surface area contributed by atoms with Gasteiger partial charge in [-0.2, -0.15) is 0 Å². The van der Waals surface area contributed by atoms with Gasteiger partial charge in [-0.3, -0.25) is 9.59 Å². The van der Waals surface area contributed by atoms with Gasteiger partial charge in [-0.15, -0.1) is 0 Å². The molecule has 1 aromatic carbocycles. The number of ether oxygens (including phenoxy) is 1. The van der Waals surface area contributed by atoms with Crippen molar-refractivity contribution in [2.24, 2.45) is 5.73 Å². The normalized spacial score (nSPS) is 12.3. The van der Waals surface area contributed by atoms with Crippen LogP contribution in [0.2, 0.25) is 0 Å². The molecular weight excluding hydrogens is 292 g/mol. The fourth-order valence-corrected chi connectivity index (χ4v) is 2.68. The molecular formula is C18H24N2O3. The number of esters is 1. The third kappa shape index (κ3) is 4.20. The lowest BCUT2D eigenvalue weighted by Crippen LogP contribution is -2.33. The molecule has 5 nitrogen and oxygen atoms in total. The number of hydrogen-bond acceptors (Lipinski definition) is 4. The van der Waals surface area contributed by atoms with Crippen molar-refractivity contribution in [1.82, 2.24) is 4.98 Å². The summed E-state index contributed by atoms with van der Waals surface area (Å²) in [6.07, 6.45) is 5.92. The molecule has 0 aliphatic heterocycles. The summed E-state index contributed by atoms with van der Waals surface area (Å²) in [4.78, 5) is 26.8. The Balaban J connectivity index is 2.13. The average Bonchev–Trinajstić information content (AvgIpc) is 2.96. The summed E-state index contributed by atoms with van der Waals surface area (Å²) in [6.45, 7) is 2.12. The average molecular weight is 316 g/mol. The summed E-state index contributed by atoms with van der Waals surface area (Å²) in [5.41, 5.74) is 8.37. The molecule has 2 rings (SSSR count). The van der Waals surface area contributed by atoms with Crippen LogP contribution in [0.15, 0.2) is 24.4 Å². The first-order valence-corrected chi connectivity index (χ1v) is 8.03. The Bertz CT molecular complexity index is 691. The number of ketones is 1. The molecule has 1 aromatic heterocycles. The van der Waals surface area contributed by atoms with E-state index in [0.29, 0.717) is 12.8 Å². The van der Waals surface area contributed by atoms with Gasteiger partial charge in [0.15, 0.2) is 5.78 Å². The van der Waals surface area contributed by atoms with Crippen LogP contribution in [0.5, 0.6) is 0 Å². The molecule has 0 aliphatic carbocycles. The number of rotatable bonds is 8. The van der Waals surface area contributed by atoms with E-state index in [1.54, 1.807) is 0 Å². The van der Waals surface area contributed by atoms with Crippen LogP contribution in [-0.4, -0.2) is 29.9 Å². The number of Topliss-reactive ketones (excluding diaryl/α,β-unsaturated/α-hetero) is 1. The maximum atomic E-state index is 12.2. The molecule has 0 amide bonds. The summed E-state index contributed by atoms with van der Waals surface area (Å²) in [7, 11) is 1.33. The van der Waals surface area contributed by atoms with Crippen LogP contribution < -0.4 is 5.73 Å². The Kier molecular flexibility index (Phi) is 5.93. The molecule has 1 atom stereocenters. The van der Waals surface area contributed by atoms with Crippen molar-refractivity contribution in [3.05, 3.63) is 35.5 Å². The summed E-state index contributed by atoms with van der Waals surface area (Å²) >= 11 is 0. The number of H-pyrrole nitrogens is 1. The second-order valence-corrected chi connectivity index (χ2v) is 5.79. The molecule has 0 saturated heterocycles. The number of carbonyl (C=O) groups excluding carboxylic acids is 2. The lowest BCUT2D eigenvalue weighted by atomic mass is 10.0. The SMILES string of the molecule is CCCCCC(=O)c1ccc2c(C[C@H](N)C(=O)OC)c[nH]c2c1. The van der Waals surface area contributed by atoms with E-state index in [2.05, 4.69) is 16.6 Å². The van der Waals surface area contributed by atoms with Crippen molar-refractivity contribution in [2.75, 3.05) is 7.11 Å². The number of benzene rings is 1. The fraction of sp³-hybridized carbons (Fsp3) is 0.444. The number of nitrogens with two attached hydrogens (primary N) is 1. The predicted octanol–water partition coefficient (Wildman–Crippen LogP) is 2.97. The van der Waals surface area contributed by atoms with Crippen molar-refractivity contribution in [3.8, 4) is 0 Å². The van der Waals surface area contributed by atoms with Crippen molar-refractivity contribution in [1.29, 1.82) is 0 Å². The van der Waals surface area contributed by atoms with Crippen molar-refractivity contribution >= 4 is 22.7 Å². The number of unbranched alkanes of at least 4 members (excludes halogenated alkanes) is 2. The second kappa shape index (κ2) is 7.92. The minimum Gasteiger partial charge on any atom is -0.468 e. The molecule has 0 aliphatic rings. The minimum atomic E-state index is -0.686. The quantitative estimate of drug-likeness (QED) is 0.445. The molecule has 124 valence electrons. The molecule has 0 spiro atoms. The largest absolute Gasteiger partial charge is 0.468 e. The van der Waals surface area contributed by atoms with Crippen molar-refractivity contribution in [3.63, 3.8) is 0 Å². The van der Waals surface area contributed by atoms with E-state index in [4.69, 9.17) is 5.73 Å². The zero-order valence-electron chi connectivity index (χ0n) is 13.7. The Morgan fingerprint density at radius 2 is 2.09 bits per heavy atom. The highest BCUT2D eigenvalue weighted by molar-refractivity contribution is 5.99. The third-order valence-electron chi connectivity index (χ3n) is 4.04. The van der Waals surface area contributed by atoms with Gasteiger partial charge in [0, 0.05) is 35.5 Å².